The van der Waals surface area contributed by atoms with Crippen molar-refractivity contribution >= 4 is 5.91 Å². The number of aromatic nitrogens is 3. The summed E-state index contributed by atoms with van der Waals surface area (Å²) in [6.07, 6.45) is 4.56. The normalized spacial score (nSPS) is 23.2. The van der Waals surface area contributed by atoms with E-state index >= 15 is 0 Å². The first kappa shape index (κ1) is 15.3. The van der Waals surface area contributed by atoms with Crippen LogP contribution in [0.2, 0.25) is 0 Å². The Hall–Kier alpha value is -2.99. The lowest BCUT2D eigenvalue weighted by Crippen LogP contribution is -2.29. The summed E-state index contributed by atoms with van der Waals surface area (Å²) in [7, 11) is 0. The molecule has 1 aromatic carbocycles. The van der Waals surface area contributed by atoms with E-state index < -0.39 is 12.0 Å². The molecule has 1 amide bonds. The van der Waals surface area contributed by atoms with Gasteiger partial charge in [-0.15, -0.1) is 0 Å². The molecule has 3 aromatic rings. The fourth-order valence-electron chi connectivity index (χ4n) is 4.45. The number of hydrogen-bond donors (Lipinski definition) is 2. The highest BCUT2D eigenvalue weighted by molar-refractivity contribution is 5.90. The number of imidazole rings is 1. The molecule has 3 heterocycles. The summed E-state index contributed by atoms with van der Waals surface area (Å²) >= 11 is 0. The van der Waals surface area contributed by atoms with Crippen molar-refractivity contribution in [1.82, 2.24) is 14.5 Å². The molecule has 3 atom stereocenters. The highest BCUT2D eigenvalue weighted by Crippen LogP contribution is 2.49. The number of rotatable bonds is 2. The van der Waals surface area contributed by atoms with Gasteiger partial charge < -0.3 is 15.4 Å². The van der Waals surface area contributed by atoms with Crippen LogP contribution in [0, 0.1) is 5.92 Å². The predicted octanol–water partition coefficient (Wildman–Crippen LogP) is 2.24. The molecule has 3 N–H and O–H groups in total. The molecule has 0 bridgehead atoms. The number of fused-ring (bicyclic) bond motifs is 4. The molecule has 6 heteroatoms. The Morgan fingerprint density at radius 1 is 1.19 bits per heavy atom. The topological polar surface area (TPSA) is 94.0 Å². The maximum Gasteiger partial charge on any atom is 0.267 e. The SMILES string of the molecule is NC(=O)c1ccc2c(n1)CC[C@H]([C@@H]1c3ccccc3-c3cncn31)[C@H]2O. The van der Waals surface area contributed by atoms with Gasteiger partial charge in [0.2, 0.25) is 0 Å². The number of pyridine rings is 1. The van der Waals surface area contributed by atoms with Gasteiger partial charge in [0.25, 0.3) is 5.91 Å². The number of amides is 1. The van der Waals surface area contributed by atoms with Gasteiger partial charge in [-0.25, -0.2) is 9.97 Å². The quantitative estimate of drug-likeness (QED) is 0.744. The zero-order valence-electron chi connectivity index (χ0n) is 14.0. The van der Waals surface area contributed by atoms with Crippen LogP contribution in [0.4, 0.5) is 0 Å². The predicted molar refractivity (Wildman–Crippen MR) is 95.3 cm³/mol. The van der Waals surface area contributed by atoms with Crippen LogP contribution < -0.4 is 5.73 Å². The molecule has 0 fully saturated rings. The molecule has 2 aliphatic rings. The molecule has 0 saturated carbocycles. The van der Waals surface area contributed by atoms with E-state index in [1.165, 1.54) is 11.1 Å². The Balaban J connectivity index is 1.57. The molecule has 6 nitrogen and oxygen atoms in total. The molecular formula is C20H18N4O2. The molecule has 0 radical (unpaired) electrons. The van der Waals surface area contributed by atoms with Crippen LogP contribution >= 0.6 is 0 Å². The molecule has 26 heavy (non-hydrogen) atoms. The van der Waals surface area contributed by atoms with E-state index in [9.17, 15) is 9.90 Å². The summed E-state index contributed by atoms with van der Waals surface area (Å²) in [5.74, 6) is -0.530. The maximum atomic E-state index is 11.4. The molecule has 0 spiro atoms. The van der Waals surface area contributed by atoms with Crippen molar-refractivity contribution in [2.24, 2.45) is 11.7 Å². The van der Waals surface area contributed by atoms with E-state index in [0.717, 1.165) is 23.4 Å². The van der Waals surface area contributed by atoms with Crippen molar-refractivity contribution in [3.8, 4) is 11.3 Å². The highest BCUT2D eigenvalue weighted by atomic mass is 16.3. The lowest BCUT2D eigenvalue weighted by molar-refractivity contribution is 0.0708. The molecule has 1 aliphatic carbocycles. The molecule has 0 unspecified atom stereocenters. The number of aliphatic hydroxyl groups is 1. The van der Waals surface area contributed by atoms with Crippen LogP contribution in [0.15, 0.2) is 48.9 Å². The van der Waals surface area contributed by atoms with Gasteiger partial charge in [0.05, 0.1) is 30.4 Å². The number of nitrogens with two attached hydrogens (primary N) is 1. The molecule has 5 rings (SSSR count). The number of carbonyl (C=O) groups is 1. The number of primary amides is 1. The number of aliphatic hydroxyl groups excluding tert-OH is 1. The van der Waals surface area contributed by atoms with Gasteiger partial charge in [0.15, 0.2) is 0 Å². The summed E-state index contributed by atoms with van der Waals surface area (Å²) in [4.78, 5) is 20.0. The molecule has 130 valence electrons. The second-order valence-corrected chi connectivity index (χ2v) is 6.96. The van der Waals surface area contributed by atoms with E-state index in [1.54, 1.807) is 12.1 Å². The van der Waals surface area contributed by atoms with Crippen LogP contribution in [0.3, 0.4) is 0 Å². The number of hydrogen-bond acceptors (Lipinski definition) is 4. The first-order valence-corrected chi connectivity index (χ1v) is 8.74. The Kier molecular flexibility index (Phi) is 3.24. The summed E-state index contributed by atoms with van der Waals surface area (Å²) in [5.41, 5.74) is 10.6. The number of benzene rings is 1. The molecular weight excluding hydrogens is 328 g/mol. The summed E-state index contributed by atoms with van der Waals surface area (Å²) < 4.78 is 2.16. The van der Waals surface area contributed by atoms with Crippen LogP contribution in [-0.4, -0.2) is 25.5 Å². The zero-order valence-corrected chi connectivity index (χ0v) is 14.0. The van der Waals surface area contributed by atoms with Gasteiger partial charge in [-0.3, -0.25) is 4.79 Å². The van der Waals surface area contributed by atoms with E-state index in [4.69, 9.17) is 5.73 Å². The fourth-order valence-corrected chi connectivity index (χ4v) is 4.45. The smallest absolute Gasteiger partial charge is 0.267 e. The van der Waals surface area contributed by atoms with Crippen molar-refractivity contribution in [3.05, 3.63) is 71.4 Å². The number of nitrogens with zero attached hydrogens (tertiary/aromatic N) is 3. The van der Waals surface area contributed by atoms with Gasteiger partial charge in [-0.2, -0.15) is 0 Å². The van der Waals surface area contributed by atoms with Gasteiger partial charge in [-0.1, -0.05) is 30.3 Å². The Morgan fingerprint density at radius 3 is 2.88 bits per heavy atom. The summed E-state index contributed by atoms with van der Waals surface area (Å²) in [6.45, 7) is 0. The van der Waals surface area contributed by atoms with Gasteiger partial charge in [0.1, 0.15) is 5.69 Å². The minimum atomic E-state index is -0.653. The monoisotopic (exact) mass is 346 g/mol. The minimum absolute atomic E-state index is 0.0142. The van der Waals surface area contributed by atoms with E-state index in [2.05, 4.69) is 26.7 Å². The average molecular weight is 346 g/mol. The number of carbonyl (C=O) groups excluding carboxylic acids is 1. The summed E-state index contributed by atoms with van der Waals surface area (Å²) in [5, 5.41) is 11.1. The highest BCUT2D eigenvalue weighted by Gasteiger charge is 2.40. The maximum absolute atomic E-state index is 11.4. The fraction of sp³-hybridized carbons (Fsp3) is 0.250. The largest absolute Gasteiger partial charge is 0.388 e. The summed E-state index contributed by atoms with van der Waals surface area (Å²) in [6, 6.07) is 11.7. The van der Waals surface area contributed by atoms with E-state index in [-0.39, 0.29) is 17.7 Å². The Morgan fingerprint density at radius 2 is 2.04 bits per heavy atom. The van der Waals surface area contributed by atoms with Crippen LogP contribution in [0.5, 0.6) is 0 Å². The Bertz CT molecular complexity index is 1030. The third-order valence-electron chi connectivity index (χ3n) is 5.63. The average Bonchev–Trinajstić information content (AvgIpc) is 3.23. The van der Waals surface area contributed by atoms with Crippen LogP contribution in [0.1, 0.15) is 45.9 Å². The second-order valence-electron chi connectivity index (χ2n) is 6.96. The zero-order chi connectivity index (χ0) is 17.8. The number of aryl methyl sites for hydroxylation is 1. The molecule has 1 aliphatic heterocycles. The molecule has 0 saturated heterocycles. The Labute approximate surface area is 150 Å². The van der Waals surface area contributed by atoms with Crippen molar-refractivity contribution in [2.45, 2.75) is 25.0 Å². The lowest BCUT2D eigenvalue weighted by atomic mass is 9.77. The second kappa shape index (κ2) is 5.51. The van der Waals surface area contributed by atoms with Gasteiger partial charge in [0, 0.05) is 22.7 Å². The first-order valence-electron chi connectivity index (χ1n) is 8.74. The van der Waals surface area contributed by atoms with Crippen LogP contribution in [-0.2, 0) is 6.42 Å². The van der Waals surface area contributed by atoms with Crippen molar-refractivity contribution in [2.75, 3.05) is 0 Å². The lowest BCUT2D eigenvalue weighted by Gasteiger charge is -2.34. The van der Waals surface area contributed by atoms with Gasteiger partial charge in [-0.05, 0) is 24.5 Å². The van der Waals surface area contributed by atoms with Crippen LogP contribution in [0.25, 0.3) is 11.3 Å². The molecule has 2 aromatic heterocycles. The van der Waals surface area contributed by atoms with Crippen molar-refractivity contribution in [1.29, 1.82) is 0 Å². The van der Waals surface area contributed by atoms with Gasteiger partial charge >= 0.3 is 0 Å². The minimum Gasteiger partial charge on any atom is -0.388 e. The third kappa shape index (κ3) is 2.05. The van der Waals surface area contributed by atoms with Crippen molar-refractivity contribution in [3.63, 3.8) is 0 Å². The van der Waals surface area contributed by atoms with E-state index in [0.29, 0.717) is 6.42 Å². The third-order valence-corrected chi connectivity index (χ3v) is 5.63. The standard InChI is InChI=1S/C20H18N4O2/c21-20(26)16-8-5-13-15(23-16)7-6-14(19(13)25)18-12-4-2-1-3-11(12)17-9-22-10-24(17)18/h1-5,8-10,14,18-19,25H,6-7H2,(H2,21,26)/t14-,18+,19+/m1/s1. The first-order chi connectivity index (χ1) is 12.6. The van der Waals surface area contributed by atoms with Crippen molar-refractivity contribution < 1.29 is 9.90 Å². The van der Waals surface area contributed by atoms with E-state index in [1.807, 2.05) is 24.7 Å².